The fraction of sp³-hybridized carbons (Fsp3) is 0.200. The standard InChI is InChI=1S/C15H13F2N/c16-12-6-7-13(17)14(10-12)18-15(8-9-15)11-4-2-1-3-5-11/h1-7,10,18H,8-9H2. The summed E-state index contributed by atoms with van der Waals surface area (Å²) in [6.07, 6.45) is 1.87. The third-order valence-electron chi connectivity index (χ3n) is 3.38. The van der Waals surface area contributed by atoms with Gasteiger partial charge >= 0.3 is 0 Å². The van der Waals surface area contributed by atoms with E-state index in [1.807, 2.05) is 30.3 Å². The summed E-state index contributed by atoms with van der Waals surface area (Å²) in [5, 5.41) is 3.14. The molecule has 2 aromatic rings. The summed E-state index contributed by atoms with van der Waals surface area (Å²) < 4.78 is 26.8. The van der Waals surface area contributed by atoms with Crippen LogP contribution in [-0.4, -0.2) is 0 Å². The fourth-order valence-electron chi connectivity index (χ4n) is 2.22. The van der Waals surface area contributed by atoms with E-state index in [0.717, 1.165) is 30.5 Å². The van der Waals surface area contributed by atoms with Gasteiger partial charge in [0.1, 0.15) is 11.6 Å². The summed E-state index contributed by atoms with van der Waals surface area (Å²) in [6.45, 7) is 0. The average Bonchev–Trinajstić information content (AvgIpc) is 3.16. The molecule has 92 valence electrons. The summed E-state index contributed by atoms with van der Waals surface area (Å²) in [5.74, 6) is -0.846. The van der Waals surface area contributed by atoms with Crippen LogP contribution < -0.4 is 5.32 Å². The molecule has 1 saturated carbocycles. The minimum absolute atomic E-state index is 0.226. The molecule has 0 atom stereocenters. The number of hydrogen-bond donors (Lipinski definition) is 1. The van der Waals surface area contributed by atoms with E-state index in [2.05, 4.69) is 5.32 Å². The van der Waals surface area contributed by atoms with Crippen LogP contribution in [0.2, 0.25) is 0 Å². The largest absolute Gasteiger partial charge is 0.373 e. The maximum atomic E-state index is 13.6. The molecular weight excluding hydrogens is 232 g/mol. The van der Waals surface area contributed by atoms with Crippen LogP contribution in [-0.2, 0) is 5.54 Å². The molecule has 1 nitrogen and oxygen atoms in total. The van der Waals surface area contributed by atoms with Crippen molar-refractivity contribution in [3.8, 4) is 0 Å². The van der Waals surface area contributed by atoms with E-state index < -0.39 is 11.6 Å². The van der Waals surface area contributed by atoms with Crippen LogP contribution in [0, 0.1) is 11.6 Å². The molecule has 0 heterocycles. The minimum atomic E-state index is -0.428. The third kappa shape index (κ3) is 1.96. The molecule has 0 unspecified atom stereocenters. The van der Waals surface area contributed by atoms with Crippen molar-refractivity contribution in [2.24, 2.45) is 0 Å². The Bertz CT molecular complexity index is 562. The van der Waals surface area contributed by atoms with Gasteiger partial charge in [-0.2, -0.15) is 0 Å². The zero-order valence-electron chi connectivity index (χ0n) is 9.79. The lowest BCUT2D eigenvalue weighted by Crippen LogP contribution is -2.19. The predicted molar refractivity (Wildman–Crippen MR) is 67.3 cm³/mol. The summed E-state index contributed by atoms with van der Waals surface area (Å²) in [4.78, 5) is 0. The molecule has 0 spiro atoms. The Hall–Kier alpha value is -1.90. The van der Waals surface area contributed by atoms with Gasteiger partial charge in [-0.05, 0) is 36.6 Å². The van der Waals surface area contributed by atoms with E-state index >= 15 is 0 Å². The molecule has 0 saturated heterocycles. The van der Waals surface area contributed by atoms with Crippen molar-refractivity contribution >= 4 is 5.69 Å². The molecule has 1 aliphatic rings. The molecule has 3 heteroatoms. The van der Waals surface area contributed by atoms with E-state index in [1.165, 1.54) is 6.07 Å². The summed E-state index contributed by atoms with van der Waals surface area (Å²) >= 11 is 0. The molecule has 1 aliphatic carbocycles. The highest BCUT2D eigenvalue weighted by molar-refractivity contribution is 5.51. The zero-order valence-corrected chi connectivity index (χ0v) is 9.79. The SMILES string of the molecule is Fc1ccc(F)c(NC2(c3ccccc3)CC2)c1. The number of nitrogens with one attached hydrogen (secondary N) is 1. The van der Waals surface area contributed by atoms with Crippen LogP contribution in [0.5, 0.6) is 0 Å². The van der Waals surface area contributed by atoms with Crippen LogP contribution in [0.15, 0.2) is 48.5 Å². The van der Waals surface area contributed by atoms with Crippen molar-refractivity contribution in [1.82, 2.24) is 0 Å². The lowest BCUT2D eigenvalue weighted by atomic mass is 10.0. The Labute approximate surface area is 104 Å². The van der Waals surface area contributed by atoms with Crippen molar-refractivity contribution in [3.05, 3.63) is 65.7 Å². The van der Waals surface area contributed by atoms with E-state index in [1.54, 1.807) is 0 Å². The Kier molecular flexibility index (Phi) is 2.54. The Balaban J connectivity index is 1.91. The number of hydrogen-bond acceptors (Lipinski definition) is 1. The van der Waals surface area contributed by atoms with Crippen molar-refractivity contribution in [2.75, 3.05) is 5.32 Å². The van der Waals surface area contributed by atoms with E-state index in [9.17, 15) is 8.78 Å². The Morgan fingerprint density at radius 2 is 1.67 bits per heavy atom. The molecule has 1 N–H and O–H groups in total. The molecule has 2 aromatic carbocycles. The highest BCUT2D eigenvalue weighted by Gasteiger charge is 2.44. The smallest absolute Gasteiger partial charge is 0.146 e. The number of anilines is 1. The highest BCUT2D eigenvalue weighted by atomic mass is 19.1. The number of rotatable bonds is 3. The second kappa shape index (κ2) is 4.09. The molecule has 0 bridgehead atoms. The molecular formula is C15H13F2N. The van der Waals surface area contributed by atoms with Gasteiger partial charge in [0.05, 0.1) is 11.2 Å². The molecule has 0 amide bonds. The maximum absolute atomic E-state index is 13.6. The third-order valence-corrected chi connectivity index (χ3v) is 3.38. The fourth-order valence-corrected chi connectivity index (χ4v) is 2.22. The number of benzene rings is 2. The van der Waals surface area contributed by atoms with Gasteiger partial charge in [0, 0.05) is 0 Å². The van der Waals surface area contributed by atoms with Crippen molar-refractivity contribution in [2.45, 2.75) is 18.4 Å². The van der Waals surface area contributed by atoms with Crippen LogP contribution in [0.25, 0.3) is 0 Å². The summed E-state index contributed by atoms with van der Waals surface area (Å²) in [6, 6.07) is 13.4. The van der Waals surface area contributed by atoms with Crippen LogP contribution >= 0.6 is 0 Å². The second-order valence-corrected chi connectivity index (χ2v) is 4.70. The van der Waals surface area contributed by atoms with Crippen molar-refractivity contribution in [1.29, 1.82) is 0 Å². The van der Waals surface area contributed by atoms with Crippen molar-refractivity contribution in [3.63, 3.8) is 0 Å². The normalized spacial score (nSPS) is 16.3. The average molecular weight is 245 g/mol. The molecule has 0 aromatic heterocycles. The first kappa shape index (κ1) is 11.2. The Morgan fingerprint density at radius 3 is 2.33 bits per heavy atom. The maximum Gasteiger partial charge on any atom is 0.146 e. The Morgan fingerprint density at radius 1 is 0.944 bits per heavy atom. The van der Waals surface area contributed by atoms with Crippen LogP contribution in [0.1, 0.15) is 18.4 Å². The van der Waals surface area contributed by atoms with Crippen molar-refractivity contribution < 1.29 is 8.78 Å². The first-order valence-electron chi connectivity index (χ1n) is 5.98. The lowest BCUT2D eigenvalue weighted by Gasteiger charge is -2.19. The number of halogens is 2. The van der Waals surface area contributed by atoms with E-state index in [4.69, 9.17) is 0 Å². The van der Waals surface area contributed by atoms with E-state index in [0.29, 0.717) is 0 Å². The van der Waals surface area contributed by atoms with Crippen LogP contribution in [0.3, 0.4) is 0 Å². The van der Waals surface area contributed by atoms with Gasteiger partial charge in [-0.1, -0.05) is 30.3 Å². The quantitative estimate of drug-likeness (QED) is 0.859. The van der Waals surface area contributed by atoms with Gasteiger partial charge < -0.3 is 5.32 Å². The molecule has 18 heavy (non-hydrogen) atoms. The molecule has 0 radical (unpaired) electrons. The monoisotopic (exact) mass is 245 g/mol. The van der Waals surface area contributed by atoms with E-state index in [-0.39, 0.29) is 11.2 Å². The van der Waals surface area contributed by atoms with Gasteiger partial charge in [-0.25, -0.2) is 8.78 Å². The van der Waals surface area contributed by atoms with Gasteiger partial charge in [0.2, 0.25) is 0 Å². The first-order chi connectivity index (χ1) is 8.70. The zero-order chi connectivity index (χ0) is 12.6. The highest BCUT2D eigenvalue weighted by Crippen LogP contribution is 2.48. The van der Waals surface area contributed by atoms with Gasteiger partial charge in [0.25, 0.3) is 0 Å². The summed E-state index contributed by atoms with van der Waals surface area (Å²) in [5.41, 5.74) is 1.13. The molecule has 1 fully saturated rings. The predicted octanol–water partition coefficient (Wildman–Crippen LogP) is 4.07. The van der Waals surface area contributed by atoms with Crippen LogP contribution in [0.4, 0.5) is 14.5 Å². The lowest BCUT2D eigenvalue weighted by molar-refractivity contribution is 0.598. The minimum Gasteiger partial charge on any atom is -0.373 e. The first-order valence-corrected chi connectivity index (χ1v) is 5.98. The topological polar surface area (TPSA) is 12.0 Å². The second-order valence-electron chi connectivity index (χ2n) is 4.70. The molecule has 3 rings (SSSR count). The van der Waals surface area contributed by atoms with Gasteiger partial charge in [-0.3, -0.25) is 0 Å². The summed E-state index contributed by atoms with van der Waals surface area (Å²) in [7, 11) is 0. The molecule has 0 aliphatic heterocycles. The van der Waals surface area contributed by atoms with Gasteiger partial charge in [-0.15, -0.1) is 0 Å². The van der Waals surface area contributed by atoms with Gasteiger partial charge in [0.15, 0.2) is 0 Å².